The van der Waals surface area contributed by atoms with Crippen LogP contribution in [0.2, 0.25) is 0 Å². The number of benzene rings is 1. The molecule has 1 aromatic carbocycles. The lowest BCUT2D eigenvalue weighted by Gasteiger charge is -2.24. The number of carbonyl (C=O) groups is 1. The van der Waals surface area contributed by atoms with Gasteiger partial charge in [-0.2, -0.15) is 0 Å². The first kappa shape index (κ1) is 17.7. The second kappa shape index (κ2) is 7.48. The molecule has 4 rings (SSSR count). The van der Waals surface area contributed by atoms with Gasteiger partial charge in [0.15, 0.2) is 0 Å². The predicted molar refractivity (Wildman–Crippen MR) is 103 cm³/mol. The smallest absolute Gasteiger partial charge is 0.251 e. The SMILES string of the molecule is CNC(=O)c1cccc(C2=NCc3cc(C)nc(OC4CCOCC4)c32)c1. The van der Waals surface area contributed by atoms with Gasteiger partial charge in [-0.3, -0.25) is 9.79 Å². The van der Waals surface area contributed by atoms with Crippen LogP contribution in [-0.4, -0.2) is 43.0 Å². The molecule has 1 fully saturated rings. The molecule has 0 atom stereocenters. The number of nitrogens with zero attached hydrogens (tertiary/aromatic N) is 2. The normalized spacial score (nSPS) is 16.6. The van der Waals surface area contributed by atoms with Crippen LogP contribution in [0, 0.1) is 6.92 Å². The average Bonchev–Trinajstić information content (AvgIpc) is 3.12. The van der Waals surface area contributed by atoms with Gasteiger partial charge in [0.05, 0.1) is 31.0 Å². The van der Waals surface area contributed by atoms with Crippen molar-refractivity contribution < 1.29 is 14.3 Å². The molecule has 2 aliphatic rings. The number of pyridine rings is 1. The molecule has 0 aliphatic carbocycles. The number of nitrogens with one attached hydrogen (secondary N) is 1. The summed E-state index contributed by atoms with van der Waals surface area (Å²) in [5, 5.41) is 2.66. The summed E-state index contributed by atoms with van der Waals surface area (Å²) in [7, 11) is 1.63. The number of aryl methyl sites for hydroxylation is 1. The maximum atomic E-state index is 12.0. The van der Waals surface area contributed by atoms with Crippen molar-refractivity contribution >= 4 is 11.6 Å². The van der Waals surface area contributed by atoms with E-state index in [9.17, 15) is 4.79 Å². The summed E-state index contributed by atoms with van der Waals surface area (Å²) in [6.45, 7) is 4.01. The van der Waals surface area contributed by atoms with Crippen LogP contribution >= 0.6 is 0 Å². The molecule has 1 saturated heterocycles. The Morgan fingerprint density at radius 2 is 2.07 bits per heavy atom. The van der Waals surface area contributed by atoms with Crippen molar-refractivity contribution in [1.29, 1.82) is 0 Å². The van der Waals surface area contributed by atoms with E-state index in [0.29, 0.717) is 31.2 Å². The van der Waals surface area contributed by atoms with Crippen molar-refractivity contribution in [2.24, 2.45) is 4.99 Å². The zero-order valence-corrected chi connectivity index (χ0v) is 15.6. The van der Waals surface area contributed by atoms with Crippen LogP contribution in [0.25, 0.3) is 0 Å². The standard InChI is InChI=1S/C21H23N3O3/c1-13-10-16-12-23-19(14-4-3-5-15(11-14)20(25)22-2)18(16)21(24-13)27-17-6-8-26-9-7-17/h3-5,10-11,17H,6-9,12H2,1-2H3,(H,22,25). The molecular formula is C21H23N3O3. The van der Waals surface area contributed by atoms with Crippen LogP contribution in [0.5, 0.6) is 5.88 Å². The molecule has 0 saturated carbocycles. The molecule has 0 unspecified atom stereocenters. The van der Waals surface area contributed by atoms with Crippen molar-refractivity contribution in [2.75, 3.05) is 20.3 Å². The summed E-state index contributed by atoms with van der Waals surface area (Å²) in [6.07, 6.45) is 1.84. The first-order valence-electron chi connectivity index (χ1n) is 9.28. The zero-order chi connectivity index (χ0) is 18.8. The van der Waals surface area contributed by atoms with Gasteiger partial charge in [-0.05, 0) is 30.7 Å². The lowest BCUT2D eigenvalue weighted by molar-refractivity contribution is 0.0236. The largest absolute Gasteiger partial charge is 0.474 e. The Morgan fingerprint density at radius 3 is 2.85 bits per heavy atom. The molecule has 27 heavy (non-hydrogen) atoms. The summed E-state index contributed by atoms with van der Waals surface area (Å²) in [5.74, 6) is 0.523. The Morgan fingerprint density at radius 1 is 1.26 bits per heavy atom. The predicted octanol–water partition coefficient (Wildman–Crippen LogP) is 2.66. The fourth-order valence-electron chi connectivity index (χ4n) is 3.56. The number of rotatable bonds is 4. The van der Waals surface area contributed by atoms with Gasteiger partial charge in [-0.15, -0.1) is 0 Å². The van der Waals surface area contributed by atoms with Gasteiger partial charge < -0.3 is 14.8 Å². The van der Waals surface area contributed by atoms with Crippen LogP contribution in [0.4, 0.5) is 0 Å². The van der Waals surface area contributed by atoms with Crippen LogP contribution in [0.15, 0.2) is 35.3 Å². The van der Waals surface area contributed by atoms with E-state index < -0.39 is 0 Å². The summed E-state index contributed by atoms with van der Waals surface area (Å²) < 4.78 is 11.7. The molecule has 0 bridgehead atoms. The maximum absolute atomic E-state index is 12.0. The highest BCUT2D eigenvalue weighted by molar-refractivity contribution is 6.17. The minimum absolute atomic E-state index is 0.108. The molecule has 0 spiro atoms. The molecular weight excluding hydrogens is 342 g/mol. The monoisotopic (exact) mass is 365 g/mol. The van der Waals surface area contributed by atoms with Gasteiger partial charge in [0, 0.05) is 36.7 Å². The van der Waals surface area contributed by atoms with E-state index in [4.69, 9.17) is 14.5 Å². The summed E-state index contributed by atoms with van der Waals surface area (Å²) >= 11 is 0. The van der Waals surface area contributed by atoms with Crippen molar-refractivity contribution in [3.8, 4) is 5.88 Å². The average molecular weight is 365 g/mol. The summed E-state index contributed by atoms with van der Waals surface area (Å²) in [6, 6.07) is 9.57. The highest BCUT2D eigenvalue weighted by atomic mass is 16.5. The topological polar surface area (TPSA) is 72.8 Å². The molecule has 1 amide bonds. The molecule has 6 nitrogen and oxygen atoms in total. The van der Waals surface area contributed by atoms with Gasteiger partial charge >= 0.3 is 0 Å². The number of fused-ring (bicyclic) bond motifs is 1. The Labute approximate surface area is 158 Å². The lowest BCUT2D eigenvalue weighted by Crippen LogP contribution is -2.27. The Balaban J connectivity index is 1.71. The van der Waals surface area contributed by atoms with Crippen molar-refractivity contribution in [1.82, 2.24) is 10.3 Å². The number of ether oxygens (including phenoxy) is 2. The van der Waals surface area contributed by atoms with Crippen molar-refractivity contribution in [2.45, 2.75) is 32.4 Å². The van der Waals surface area contributed by atoms with Crippen LogP contribution in [-0.2, 0) is 11.3 Å². The van der Waals surface area contributed by atoms with Gasteiger partial charge in [-0.1, -0.05) is 12.1 Å². The van der Waals surface area contributed by atoms with E-state index in [1.165, 1.54) is 0 Å². The number of hydrogen-bond acceptors (Lipinski definition) is 5. The van der Waals surface area contributed by atoms with Gasteiger partial charge in [0.25, 0.3) is 5.91 Å². The fourth-order valence-corrected chi connectivity index (χ4v) is 3.56. The first-order chi connectivity index (χ1) is 13.2. The molecule has 140 valence electrons. The molecule has 2 aromatic rings. The van der Waals surface area contributed by atoms with E-state index in [0.717, 1.165) is 40.9 Å². The van der Waals surface area contributed by atoms with Crippen LogP contribution in [0.3, 0.4) is 0 Å². The van der Waals surface area contributed by atoms with Crippen LogP contribution in [0.1, 0.15) is 45.6 Å². The minimum Gasteiger partial charge on any atom is -0.474 e. The van der Waals surface area contributed by atoms with Crippen LogP contribution < -0.4 is 10.1 Å². The molecule has 2 aliphatic heterocycles. The molecule has 1 aromatic heterocycles. The summed E-state index contributed by atoms with van der Waals surface area (Å²) in [5.41, 5.74) is 5.33. The number of hydrogen-bond donors (Lipinski definition) is 1. The Kier molecular flexibility index (Phi) is 4.90. The molecule has 1 N–H and O–H groups in total. The van der Waals surface area contributed by atoms with Gasteiger partial charge in [-0.25, -0.2) is 4.98 Å². The minimum atomic E-state index is -0.114. The van der Waals surface area contributed by atoms with E-state index in [1.54, 1.807) is 13.1 Å². The number of carbonyl (C=O) groups excluding carboxylic acids is 1. The third-order valence-corrected chi connectivity index (χ3v) is 4.91. The second-order valence-corrected chi connectivity index (χ2v) is 6.86. The van der Waals surface area contributed by atoms with E-state index >= 15 is 0 Å². The van der Waals surface area contributed by atoms with Crippen molar-refractivity contribution in [3.63, 3.8) is 0 Å². The number of aliphatic imine (C=N–C) groups is 1. The zero-order valence-electron chi connectivity index (χ0n) is 15.6. The van der Waals surface area contributed by atoms with E-state index in [2.05, 4.69) is 16.4 Å². The third-order valence-electron chi connectivity index (χ3n) is 4.91. The third kappa shape index (κ3) is 3.57. The molecule has 6 heteroatoms. The highest BCUT2D eigenvalue weighted by Crippen LogP contribution is 2.32. The number of aromatic nitrogens is 1. The Bertz CT molecular complexity index is 902. The first-order valence-corrected chi connectivity index (χ1v) is 9.28. The number of amides is 1. The highest BCUT2D eigenvalue weighted by Gasteiger charge is 2.27. The fraction of sp³-hybridized carbons (Fsp3) is 0.381. The maximum Gasteiger partial charge on any atom is 0.251 e. The molecule has 0 radical (unpaired) electrons. The Hall–Kier alpha value is -2.73. The van der Waals surface area contributed by atoms with Crippen molar-refractivity contribution in [3.05, 3.63) is 58.3 Å². The molecule has 3 heterocycles. The van der Waals surface area contributed by atoms with E-state index in [1.807, 2.05) is 25.1 Å². The van der Waals surface area contributed by atoms with Gasteiger partial charge in [0.1, 0.15) is 6.10 Å². The van der Waals surface area contributed by atoms with E-state index in [-0.39, 0.29) is 12.0 Å². The second-order valence-electron chi connectivity index (χ2n) is 6.86. The van der Waals surface area contributed by atoms with Gasteiger partial charge in [0.2, 0.25) is 5.88 Å². The summed E-state index contributed by atoms with van der Waals surface area (Å²) in [4.78, 5) is 21.4. The quantitative estimate of drug-likeness (QED) is 0.904. The lowest BCUT2D eigenvalue weighted by atomic mass is 9.99.